The Balaban J connectivity index is 2.01. The molecule has 108 valence electrons. The van der Waals surface area contributed by atoms with Crippen molar-refractivity contribution in [2.24, 2.45) is 0 Å². The van der Waals surface area contributed by atoms with Gasteiger partial charge in [0.2, 0.25) is 0 Å². The Kier molecular flexibility index (Phi) is 3.41. The number of nitriles is 1. The highest BCUT2D eigenvalue weighted by Crippen LogP contribution is 2.24. The average molecular weight is 313 g/mol. The molecule has 3 aromatic rings. The number of rotatable bonds is 2. The molecule has 0 bridgehead atoms. The van der Waals surface area contributed by atoms with Crippen LogP contribution in [0.4, 0.5) is 16.3 Å². The molecule has 0 aliphatic rings. The van der Waals surface area contributed by atoms with Gasteiger partial charge in [0, 0.05) is 22.3 Å². The normalized spacial score (nSPS) is 10.4. The van der Waals surface area contributed by atoms with Crippen molar-refractivity contribution in [1.82, 2.24) is 9.55 Å². The van der Waals surface area contributed by atoms with Gasteiger partial charge in [-0.2, -0.15) is 5.26 Å². The minimum Gasteiger partial charge on any atom is -0.464 e. The quantitative estimate of drug-likeness (QED) is 0.750. The highest BCUT2D eigenvalue weighted by atomic mass is 35.5. The fourth-order valence-corrected chi connectivity index (χ4v) is 2.35. The summed E-state index contributed by atoms with van der Waals surface area (Å²) in [5, 5.41) is 22.2. The summed E-state index contributed by atoms with van der Waals surface area (Å²) < 4.78 is 1.13. The number of anilines is 2. The summed E-state index contributed by atoms with van der Waals surface area (Å²) in [6.07, 6.45) is 0.433. The van der Waals surface area contributed by atoms with Crippen molar-refractivity contribution in [1.29, 1.82) is 5.26 Å². The van der Waals surface area contributed by atoms with Gasteiger partial charge in [-0.05, 0) is 30.3 Å². The van der Waals surface area contributed by atoms with Crippen LogP contribution in [0.15, 0.2) is 42.6 Å². The Morgan fingerprint density at radius 3 is 2.86 bits per heavy atom. The molecule has 0 saturated carbocycles. The maximum Gasteiger partial charge on any atom is 0.416 e. The molecular weight excluding hydrogens is 304 g/mol. The number of fused-ring (bicyclic) bond motifs is 1. The summed E-state index contributed by atoms with van der Waals surface area (Å²) in [5.41, 5.74) is 1.40. The van der Waals surface area contributed by atoms with Gasteiger partial charge < -0.3 is 10.4 Å². The van der Waals surface area contributed by atoms with Crippen LogP contribution in [0.2, 0.25) is 5.02 Å². The highest BCUT2D eigenvalue weighted by Gasteiger charge is 2.08. The molecule has 0 radical (unpaired) electrons. The number of carbonyl (C=O) groups is 1. The molecule has 0 aliphatic heterocycles. The van der Waals surface area contributed by atoms with E-state index in [1.807, 2.05) is 6.07 Å². The summed E-state index contributed by atoms with van der Waals surface area (Å²) >= 11 is 5.93. The third-order valence-electron chi connectivity index (χ3n) is 3.08. The van der Waals surface area contributed by atoms with E-state index in [-0.39, 0.29) is 5.69 Å². The van der Waals surface area contributed by atoms with Crippen LogP contribution >= 0.6 is 11.6 Å². The van der Waals surface area contributed by atoms with Gasteiger partial charge in [0.05, 0.1) is 5.52 Å². The van der Waals surface area contributed by atoms with E-state index in [0.29, 0.717) is 22.0 Å². The molecule has 0 spiro atoms. The van der Waals surface area contributed by atoms with Gasteiger partial charge in [0.15, 0.2) is 0 Å². The topological polar surface area (TPSA) is 90.9 Å². The van der Waals surface area contributed by atoms with Crippen LogP contribution in [0.5, 0.6) is 0 Å². The zero-order valence-corrected chi connectivity index (χ0v) is 11.9. The molecule has 0 unspecified atom stereocenters. The summed E-state index contributed by atoms with van der Waals surface area (Å²) in [5.74, 6) is 0.414. The van der Waals surface area contributed by atoms with Crippen molar-refractivity contribution in [2.45, 2.75) is 0 Å². The van der Waals surface area contributed by atoms with Gasteiger partial charge in [-0.3, -0.25) is 4.57 Å². The molecule has 0 fully saturated rings. The minimum absolute atomic E-state index is 0.199. The molecule has 22 heavy (non-hydrogen) atoms. The molecule has 0 saturated heterocycles. The predicted octanol–water partition coefficient (Wildman–Crippen LogP) is 3.83. The predicted molar refractivity (Wildman–Crippen MR) is 82.6 cm³/mol. The summed E-state index contributed by atoms with van der Waals surface area (Å²) in [6, 6.07) is 12.0. The number of hydrogen-bond acceptors (Lipinski definition) is 4. The van der Waals surface area contributed by atoms with Crippen LogP contribution in [-0.2, 0) is 0 Å². The lowest BCUT2D eigenvalue weighted by Gasteiger charge is -2.07. The molecule has 2 aromatic heterocycles. The lowest BCUT2D eigenvalue weighted by Crippen LogP contribution is -2.05. The van der Waals surface area contributed by atoms with Crippen LogP contribution in [0.25, 0.3) is 10.9 Å². The van der Waals surface area contributed by atoms with Gasteiger partial charge in [-0.15, -0.1) is 0 Å². The van der Waals surface area contributed by atoms with Crippen molar-refractivity contribution >= 4 is 40.1 Å². The van der Waals surface area contributed by atoms with Crippen molar-refractivity contribution in [3.8, 4) is 6.07 Å². The lowest BCUT2D eigenvalue weighted by molar-refractivity contribution is 0.197. The molecule has 0 aliphatic carbocycles. The first-order valence-corrected chi connectivity index (χ1v) is 6.64. The minimum atomic E-state index is -1.06. The summed E-state index contributed by atoms with van der Waals surface area (Å²) in [4.78, 5) is 15.2. The van der Waals surface area contributed by atoms with Crippen LogP contribution in [0, 0.1) is 11.3 Å². The fraction of sp³-hybridized carbons (Fsp3) is 0. The molecule has 0 atom stereocenters. The second kappa shape index (κ2) is 5.39. The summed E-state index contributed by atoms with van der Waals surface area (Å²) in [6.45, 7) is 0. The van der Waals surface area contributed by atoms with Crippen molar-refractivity contribution in [3.63, 3.8) is 0 Å². The fourth-order valence-electron chi connectivity index (χ4n) is 2.14. The molecular formula is C15H9ClN4O2. The third-order valence-corrected chi connectivity index (χ3v) is 3.29. The number of nitrogens with zero attached hydrogens (tertiary/aromatic N) is 3. The van der Waals surface area contributed by atoms with Crippen LogP contribution < -0.4 is 5.32 Å². The third kappa shape index (κ3) is 2.57. The van der Waals surface area contributed by atoms with Crippen molar-refractivity contribution < 1.29 is 9.90 Å². The monoisotopic (exact) mass is 312 g/mol. The highest BCUT2D eigenvalue weighted by molar-refractivity contribution is 6.30. The first-order valence-electron chi connectivity index (χ1n) is 6.26. The van der Waals surface area contributed by atoms with Crippen LogP contribution in [0.3, 0.4) is 0 Å². The Morgan fingerprint density at radius 1 is 1.32 bits per heavy atom. The maximum atomic E-state index is 11.2. The van der Waals surface area contributed by atoms with E-state index >= 15 is 0 Å². The molecule has 6 nitrogen and oxygen atoms in total. The summed E-state index contributed by atoms with van der Waals surface area (Å²) in [7, 11) is 0. The average Bonchev–Trinajstić information content (AvgIpc) is 2.89. The number of nitrogens with one attached hydrogen (secondary N) is 1. The maximum absolute atomic E-state index is 11.2. The van der Waals surface area contributed by atoms with Crippen molar-refractivity contribution in [2.75, 3.05) is 5.32 Å². The molecule has 2 N–H and O–H groups in total. The van der Waals surface area contributed by atoms with E-state index in [1.54, 1.807) is 30.3 Å². The van der Waals surface area contributed by atoms with E-state index in [1.165, 1.54) is 12.3 Å². The van der Waals surface area contributed by atoms with E-state index in [0.717, 1.165) is 9.95 Å². The number of aromatic nitrogens is 2. The van der Waals surface area contributed by atoms with Gasteiger partial charge in [-0.1, -0.05) is 17.7 Å². The van der Waals surface area contributed by atoms with Gasteiger partial charge >= 0.3 is 6.09 Å². The van der Waals surface area contributed by atoms with E-state index in [2.05, 4.69) is 10.3 Å². The first-order chi connectivity index (χ1) is 10.6. The second-order valence-electron chi connectivity index (χ2n) is 4.53. The molecule has 1 aromatic carbocycles. The Hall–Kier alpha value is -3.04. The first kappa shape index (κ1) is 13.9. The van der Waals surface area contributed by atoms with Crippen LogP contribution in [0.1, 0.15) is 5.69 Å². The van der Waals surface area contributed by atoms with Crippen molar-refractivity contribution in [3.05, 3.63) is 53.3 Å². The second-order valence-corrected chi connectivity index (χ2v) is 4.97. The Bertz CT molecular complexity index is 927. The molecule has 7 heteroatoms. The smallest absolute Gasteiger partial charge is 0.416 e. The standard InChI is InChI=1S/C15H9ClN4O2/c16-10-5-12(8-17)19-14(6-10)18-11-2-1-9-3-4-20(15(21)22)13(9)7-11/h1-7H,(H,18,19)(H,21,22). The van der Waals surface area contributed by atoms with E-state index in [9.17, 15) is 4.79 Å². The Labute approximate surface area is 130 Å². The zero-order chi connectivity index (χ0) is 15.7. The largest absolute Gasteiger partial charge is 0.464 e. The zero-order valence-electron chi connectivity index (χ0n) is 11.1. The molecule has 2 heterocycles. The van der Waals surface area contributed by atoms with E-state index < -0.39 is 6.09 Å². The number of carboxylic acid groups (broad SMARTS) is 1. The number of pyridine rings is 1. The van der Waals surface area contributed by atoms with Crippen LogP contribution in [-0.4, -0.2) is 20.8 Å². The molecule has 3 rings (SSSR count). The number of hydrogen-bond donors (Lipinski definition) is 2. The number of halogens is 1. The van der Waals surface area contributed by atoms with Gasteiger partial charge in [-0.25, -0.2) is 9.78 Å². The van der Waals surface area contributed by atoms with E-state index in [4.69, 9.17) is 22.0 Å². The number of benzene rings is 1. The lowest BCUT2D eigenvalue weighted by atomic mass is 10.2. The SMILES string of the molecule is N#Cc1cc(Cl)cc(Nc2ccc3ccn(C(=O)O)c3c2)n1. The Morgan fingerprint density at radius 2 is 2.14 bits per heavy atom. The van der Waals surface area contributed by atoms with Gasteiger partial charge in [0.1, 0.15) is 17.6 Å². The van der Waals surface area contributed by atoms with Gasteiger partial charge in [0.25, 0.3) is 0 Å². The molecule has 0 amide bonds.